The van der Waals surface area contributed by atoms with E-state index in [1.54, 1.807) is 0 Å². The zero-order valence-electron chi connectivity index (χ0n) is 13.6. The van der Waals surface area contributed by atoms with Gasteiger partial charge in [0, 0.05) is 24.9 Å². The predicted octanol–water partition coefficient (Wildman–Crippen LogP) is 2.53. The Labute approximate surface area is 129 Å². The van der Waals surface area contributed by atoms with E-state index in [2.05, 4.69) is 17.1 Å². The van der Waals surface area contributed by atoms with Gasteiger partial charge in [-0.05, 0) is 45.3 Å². The highest BCUT2D eigenvalue weighted by Gasteiger charge is 2.46. The van der Waals surface area contributed by atoms with Gasteiger partial charge in [0.05, 0.1) is 13.2 Å². The van der Waals surface area contributed by atoms with Crippen LogP contribution in [0.15, 0.2) is 0 Å². The molecule has 122 valence electrons. The second-order valence-electron chi connectivity index (χ2n) is 6.93. The Hall–Kier alpha value is -0.160. The van der Waals surface area contributed by atoms with Crippen LogP contribution in [0, 0.1) is 0 Å². The molecule has 1 saturated carbocycles. The van der Waals surface area contributed by atoms with E-state index in [1.165, 1.54) is 51.6 Å². The summed E-state index contributed by atoms with van der Waals surface area (Å²) in [5, 5.41) is 3.79. The molecule has 3 fully saturated rings. The maximum Gasteiger partial charge on any atom is 0.170 e. The van der Waals surface area contributed by atoms with Crippen molar-refractivity contribution in [2.75, 3.05) is 32.8 Å². The summed E-state index contributed by atoms with van der Waals surface area (Å²) in [7, 11) is 0. The minimum absolute atomic E-state index is 0.263. The van der Waals surface area contributed by atoms with Crippen molar-refractivity contribution in [2.45, 2.75) is 76.2 Å². The fourth-order valence-corrected chi connectivity index (χ4v) is 4.27. The third-order valence-corrected chi connectivity index (χ3v) is 5.40. The van der Waals surface area contributed by atoms with Gasteiger partial charge in [0.15, 0.2) is 5.79 Å². The molecule has 1 aliphatic carbocycles. The van der Waals surface area contributed by atoms with Crippen molar-refractivity contribution in [3.8, 4) is 0 Å². The highest BCUT2D eigenvalue weighted by molar-refractivity contribution is 4.96. The van der Waals surface area contributed by atoms with Gasteiger partial charge in [0.1, 0.15) is 0 Å². The van der Waals surface area contributed by atoms with Crippen LogP contribution >= 0.6 is 0 Å². The van der Waals surface area contributed by atoms with Gasteiger partial charge in [-0.1, -0.05) is 19.8 Å². The number of hydrogen-bond donors (Lipinski definition) is 1. The van der Waals surface area contributed by atoms with Gasteiger partial charge in [-0.3, -0.25) is 4.90 Å². The summed E-state index contributed by atoms with van der Waals surface area (Å²) in [6.07, 6.45) is 10.00. The molecule has 0 amide bonds. The van der Waals surface area contributed by atoms with Crippen molar-refractivity contribution < 1.29 is 9.47 Å². The van der Waals surface area contributed by atoms with Crippen LogP contribution < -0.4 is 5.32 Å². The Morgan fingerprint density at radius 1 is 1.10 bits per heavy atom. The average molecular weight is 296 g/mol. The van der Waals surface area contributed by atoms with Crippen LogP contribution in [0.1, 0.15) is 58.3 Å². The van der Waals surface area contributed by atoms with E-state index in [0.29, 0.717) is 12.1 Å². The summed E-state index contributed by atoms with van der Waals surface area (Å²) in [5.74, 6) is -0.263. The third kappa shape index (κ3) is 3.79. The van der Waals surface area contributed by atoms with Crippen molar-refractivity contribution >= 4 is 0 Å². The molecule has 0 radical (unpaired) electrons. The van der Waals surface area contributed by atoms with Gasteiger partial charge in [-0.15, -0.1) is 0 Å². The monoisotopic (exact) mass is 296 g/mol. The lowest BCUT2D eigenvalue weighted by Gasteiger charge is -2.46. The van der Waals surface area contributed by atoms with Crippen molar-refractivity contribution in [3.63, 3.8) is 0 Å². The standard InChI is InChI=1S/C17H32N2O2/c1-2-9-18-15-7-8-17(20-12-13-21-17)14-16(15)19-10-5-3-4-6-11-19/h15-16,18H,2-14H2,1H3. The number of nitrogens with zero attached hydrogens (tertiary/aromatic N) is 1. The lowest BCUT2D eigenvalue weighted by Crippen LogP contribution is -2.58. The fraction of sp³-hybridized carbons (Fsp3) is 1.00. The molecule has 3 rings (SSSR count). The molecule has 0 aromatic heterocycles. The maximum atomic E-state index is 6.01. The molecular formula is C17H32N2O2. The average Bonchev–Trinajstić information content (AvgIpc) is 2.79. The van der Waals surface area contributed by atoms with Crippen LogP contribution in [0.5, 0.6) is 0 Å². The van der Waals surface area contributed by atoms with Crippen molar-refractivity contribution in [1.82, 2.24) is 10.2 Å². The lowest BCUT2D eigenvalue weighted by atomic mass is 9.84. The van der Waals surface area contributed by atoms with E-state index in [9.17, 15) is 0 Å². The van der Waals surface area contributed by atoms with E-state index in [-0.39, 0.29) is 5.79 Å². The number of likely N-dealkylation sites (tertiary alicyclic amines) is 1. The number of hydrogen-bond acceptors (Lipinski definition) is 4. The topological polar surface area (TPSA) is 33.7 Å². The van der Waals surface area contributed by atoms with Crippen molar-refractivity contribution in [1.29, 1.82) is 0 Å². The molecular weight excluding hydrogens is 264 g/mol. The Kier molecular flexibility index (Phi) is 5.54. The zero-order valence-corrected chi connectivity index (χ0v) is 13.6. The molecule has 0 aromatic rings. The highest BCUT2D eigenvalue weighted by atomic mass is 16.7. The second-order valence-corrected chi connectivity index (χ2v) is 6.93. The molecule has 1 N–H and O–H groups in total. The van der Waals surface area contributed by atoms with Crippen LogP contribution in [0.25, 0.3) is 0 Å². The van der Waals surface area contributed by atoms with Crippen molar-refractivity contribution in [2.24, 2.45) is 0 Å². The Morgan fingerprint density at radius 2 is 1.81 bits per heavy atom. The van der Waals surface area contributed by atoms with Crippen LogP contribution in [0.3, 0.4) is 0 Å². The highest BCUT2D eigenvalue weighted by Crippen LogP contribution is 2.38. The van der Waals surface area contributed by atoms with E-state index in [0.717, 1.165) is 32.6 Å². The molecule has 2 atom stereocenters. The van der Waals surface area contributed by atoms with Crippen LogP contribution in [-0.4, -0.2) is 55.6 Å². The number of nitrogens with one attached hydrogen (secondary N) is 1. The van der Waals surface area contributed by atoms with Crippen LogP contribution in [0.4, 0.5) is 0 Å². The molecule has 2 aliphatic heterocycles. The SMILES string of the molecule is CCCNC1CCC2(CC1N1CCCCCC1)OCCO2. The molecule has 21 heavy (non-hydrogen) atoms. The molecule has 1 spiro atoms. The molecule has 0 aromatic carbocycles. The first-order chi connectivity index (χ1) is 10.3. The lowest BCUT2D eigenvalue weighted by molar-refractivity contribution is -0.193. The van der Waals surface area contributed by atoms with E-state index >= 15 is 0 Å². The summed E-state index contributed by atoms with van der Waals surface area (Å²) in [4.78, 5) is 2.73. The predicted molar refractivity (Wildman–Crippen MR) is 84.4 cm³/mol. The number of ether oxygens (including phenoxy) is 2. The third-order valence-electron chi connectivity index (χ3n) is 5.40. The molecule has 2 heterocycles. The van der Waals surface area contributed by atoms with Gasteiger partial charge in [-0.2, -0.15) is 0 Å². The molecule has 4 nitrogen and oxygen atoms in total. The van der Waals surface area contributed by atoms with Gasteiger partial charge < -0.3 is 14.8 Å². The first kappa shape index (κ1) is 15.7. The quantitative estimate of drug-likeness (QED) is 0.864. The minimum Gasteiger partial charge on any atom is -0.347 e. The van der Waals surface area contributed by atoms with E-state index in [1.807, 2.05) is 0 Å². The first-order valence-corrected chi connectivity index (χ1v) is 9.08. The van der Waals surface area contributed by atoms with Gasteiger partial charge in [0.2, 0.25) is 0 Å². The zero-order chi connectivity index (χ0) is 14.5. The molecule has 3 aliphatic rings. The van der Waals surface area contributed by atoms with E-state index in [4.69, 9.17) is 9.47 Å². The maximum absolute atomic E-state index is 6.01. The summed E-state index contributed by atoms with van der Waals surface area (Å²) >= 11 is 0. The van der Waals surface area contributed by atoms with Gasteiger partial charge in [-0.25, -0.2) is 0 Å². The molecule has 2 saturated heterocycles. The Morgan fingerprint density at radius 3 is 2.48 bits per heavy atom. The first-order valence-electron chi connectivity index (χ1n) is 9.08. The smallest absolute Gasteiger partial charge is 0.170 e. The van der Waals surface area contributed by atoms with Gasteiger partial charge >= 0.3 is 0 Å². The summed E-state index contributed by atoms with van der Waals surface area (Å²) in [6.45, 7) is 7.45. The van der Waals surface area contributed by atoms with Crippen LogP contribution in [-0.2, 0) is 9.47 Å². The van der Waals surface area contributed by atoms with Gasteiger partial charge in [0.25, 0.3) is 0 Å². The largest absolute Gasteiger partial charge is 0.347 e. The van der Waals surface area contributed by atoms with Crippen LogP contribution in [0.2, 0.25) is 0 Å². The fourth-order valence-electron chi connectivity index (χ4n) is 4.27. The minimum atomic E-state index is -0.263. The summed E-state index contributed by atoms with van der Waals surface area (Å²) in [5.41, 5.74) is 0. The normalized spacial score (nSPS) is 34.1. The summed E-state index contributed by atoms with van der Waals surface area (Å²) in [6, 6.07) is 1.20. The Bertz CT molecular complexity index is 310. The second kappa shape index (κ2) is 7.40. The Balaban J connectivity index is 1.68. The number of rotatable bonds is 4. The summed E-state index contributed by atoms with van der Waals surface area (Å²) < 4.78 is 12.0. The van der Waals surface area contributed by atoms with Crippen molar-refractivity contribution in [3.05, 3.63) is 0 Å². The molecule has 0 bridgehead atoms. The molecule has 2 unspecified atom stereocenters. The van der Waals surface area contributed by atoms with E-state index < -0.39 is 0 Å². The molecule has 4 heteroatoms.